The highest BCUT2D eigenvalue weighted by atomic mass is 16.2. The molecule has 0 radical (unpaired) electrons. The summed E-state index contributed by atoms with van der Waals surface area (Å²) in [5, 5.41) is 2.84. The molecule has 4 nitrogen and oxygen atoms in total. The summed E-state index contributed by atoms with van der Waals surface area (Å²) < 4.78 is 0. The van der Waals surface area contributed by atoms with Crippen molar-refractivity contribution in [3.63, 3.8) is 0 Å². The van der Waals surface area contributed by atoms with Crippen LogP contribution in [0.3, 0.4) is 0 Å². The topological polar surface area (TPSA) is 49.4 Å². The summed E-state index contributed by atoms with van der Waals surface area (Å²) in [5.74, 6) is -0.898. The van der Waals surface area contributed by atoms with Crippen molar-refractivity contribution in [2.75, 3.05) is 11.9 Å². The van der Waals surface area contributed by atoms with E-state index in [0.29, 0.717) is 6.54 Å². The summed E-state index contributed by atoms with van der Waals surface area (Å²) in [6.45, 7) is 11.4. The monoisotopic (exact) mass is 328 g/mol. The highest BCUT2D eigenvalue weighted by molar-refractivity contribution is 6.39. The maximum absolute atomic E-state index is 12.8. The molecule has 0 spiro atoms. The summed E-state index contributed by atoms with van der Waals surface area (Å²) in [6, 6.07) is 6.03. The molecule has 1 aromatic carbocycles. The normalized spacial score (nSPS) is 27.9. The number of para-hydroxylation sites is 1. The summed E-state index contributed by atoms with van der Waals surface area (Å²) in [5.41, 5.74) is 3.08. The molecule has 1 heterocycles. The number of anilines is 1. The van der Waals surface area contributed by atoms with E-state index >= 15 is 0 Å². The predicted octanol–water partition coefficient (Wildman–Crippen LogP) is 3.67. The number of benzene rings is 1. The van der Waals surface area contributed by atoms with Gasteiger partial charge in [-0.25, -0.2) is 0 Å². The van der Waals surface area contributed by atoms with Crippen LogP contribution in [0.25, 0.3) is 0 Å². The van der Waals surface area contributed by atoms with Gasteiger partial charge in [0.15, 0.2) is 0 Å². The lowest BCUT2D eigenvalue weighted by Crippen LogP contribution is -2.43. The maximum Gasteiger partial charge on any atom is 0.313 e. The Kier molecular flexibility index (Phi) is 3.97. The Balaban J connectivity index is 1.77. The number of likely N-dealkylation sites (tertiary alicyclic amines) is 1. The largest absolute Gasteiger partial charge is 0.331 e. The molecule has 2 amide bonds. The van der Waals surface area contributed by atoms with Crippen LogP contribution in [0.1, 0.15) is 51.2 Å². The molecule has 1 saturated heterocycles. The van der Waals surface area contributed by atoms with Crippen molar-refractivity contribution in [3.05, 3.63) is 29.3 Å². The van der Waals surface area contributed by atoms with E-state index < -0.39 is 5.91 Å². The first-order valence-electron chi connectivity index (χ1n) is 8.78. The quantitative estimate of drug-likeness (QED) is 0.800. The highest BCUT2D eigenvalue weighted by Crippen LogP contribution is 2.52. The van der Waals surface area contributed by atoms with E-state index in [9.17, 15) is 9.59 Å². The standard InChI is InChI=1S/C20H28N2O2/c1-13-7-6-8-14(2)16(13)21-17(23)18(24)22-12-20(5)10-15(22)9-19(3,4)11-20/h6-8,15H,9-12H2,1-5H3,(H,21,23). The molecular formula is C20H28N2O2. The van der Waals surface area contributed by atoms with E-state index in [0.717, 1.165) is 36.1 Å². The van der Waals surface area contributed by atoms with Gasteiger partial charge in [-0.15, -0.1) is 0 Å². The minimum atomic E-state index is -0.513. The maximum atomic E-state index is 12.8. The number of rotatable bonds is 1. The number of carbonyl (C=O) groups is 2. The van der Waals surface area contributed by atoms with Crippen molar-refractivity contribution in [3.8, 4) is 0 Å². The van der Waals surface area contributed by atoms with Gasteiger partial charge in [0, 0.05) is 18.3 Å². The first-order chi connectivity index (χ1) is 11.1. The van der Waals surface area contributed by atoms with Crippen LogP contribution in [0.2, 0.25) is 0 Å². The van der Waals surface area contributed by atoms with Crippen LogP contribution in [0, 0.1) is 24.7 Å². The van der Waals surface area contributed by atoms with Crippen molar-refractivity contribution in [2.45, 2.75) is 59.9 Å². The van der Waals surface area contributed by atoms with Crippen LogP contribution in [-0.2, 0) is 9.59 Å². The number of fused-ring (bicyclic) bond motifs is 2. The Morgan fingerprint density at radius 2 is 1.75 bits per heavy atom. The van der Waals surface area contributed by atoms with E-state index in [-0.39, 0.29) is 22.8 Å². The van der Waals surface area contributed by atoms with Crippen molar-refractivity contribution >= 4 is 17.5 Å². The van der Waals surface area contributed by atoms with Crippen molar-refractivity contribution in [1.29, 1.82) is 0 Å². The molecule has 2 aliphatic rings. The Hall–Kier alpha value is -1.84. The van der Waals surface area contributed by atoms with Crippen LogP contribution in [0.15, 0.2) is 18.2 Å². The molecule has 4 heteroatoms. The second kappa shape index (κ2) is 5.61. The summed E-state index contributed by atoms with van der Waals surface area (Å²) in [4.78, 5) is 27.2. The molecule has 1 aromatic rings. The molecule has 24 heavy (non-hydrogen) atoms. The van der Waals surface area contributed by atoms with Gasteiger partial charge in [-0.05, 0) is 55.1 Å². The summed E-state index contributed by atoms with van der Waals surface area (Å²) in [6.07, 6.45) is 3.10. The van der Waals surface area contributed by atoms with Gasteiger partial charge in [-0.3, -0.25) is 9.59 Å². The van der Waals surface area contributed by atoms with Crippen molar-refractivity contribution in [2.24, 2.45) is 10.8 Å². The van der Waals surface area contributed by atoms with Gasteiger partial charge in [-0.1, -0.05) is 39.0 Å². The average molecular weight is 328 g/mol. The molecule has 2 unspecified atom stereocenters. The van der Waals surface area contributed by atoms with Crippen molar-refractivity contribution in [1.82, 2.24) is 4.90 Å². The highest BCUT2D eigenvalue weighted by Gasteiger charge is 2.51. The van der Waals surface area contributed by atoms with Crippen LogP contribution >= 0.6 is 0 Å². The number of hydrogen-bond donors (Lipinski definition) is 1. The Morgan fingerprint density at radius 1 is 1.12 bits per heavy atom. The fourth-order valence-corrected chi connectivity index (χ4v) is 5.01. The van der Waals surface area contributed by atoms with Gasteiger partial charge in [0.25, 0.3) is 0 Å². The number of amides is 2. The minimum Gasteiger partial charge on any atom is -0.331 e. The molecule has 2 bridgehead atoms. The lowest BCUT2D eigenvalue weighted by molar-refractivity contribution is -0.144. The van der Waals surface area contributed by atoms with Crippen LogP contribution in [-0.4, -0.2) is 29.3 Å². The molecule has 1 aliphatic carbocycles. The molecule has 2 fully saturated rings. The minimum absolute atomic E-state index is 0.140. The Bertz CT molecular complexity index is 675. The zero-order chi connectivity index (χ0) is 17.7. The molecule has 1 saturated carbocycles. The zero-order valence-corrected chi connectivity index (χ0v) is 15.4. The van der Waals surface area contributed by atoms with Crippen LogP contribution in [0.4, 0.5) is 5.69 Å². The number of nitrogens with one attached hydrogen (secondary N) is 1. The van der Waals surface area contributed by atoms with Crippen LogP contribution < -0.4 is 5.32 Å². The third kappa shape index (κ3) is 3.06. The second-order valence-electron chi connectivity index (χ2n) is 8.87. The van der Waals surface area contributed by atoms with E-state index in [4.69, 9.17) is 0 Å². The van der Waals surface area contributed by atoms with E-state index in [1.807, 2.05) is 36.9 Å². The molecular weight excluding hydrogens is 300 g/mol. The molecule has 2 atom stereocenters. The number of nitrogens with zero attached hydrogens (tertiary/aromatic N) is 1. The molecule has 3 rings (SSSR count). The van der Waals surface area contributed by atoms with E-state index in [1.54, 1.807) is 0 Å². The van der Waals surface area contributed by atoms with Gasteiger partial charge >= 0.3 is 11.8 Å². The third-order valence-electron chi connectivity index (χ3n) is 5.59. The Labute approximate surface area is 144 Å². The van der Waals surface area contributed by atoms with Gasteiger partial charge in [-0.2, -0.15) is 0 Å². The summed E-state index contributed by atoms with van der Waals surface area (Å²) in [7, 11) is 0. The van der Waals surface area contributed by atoms with E-state index in [2.05, 4.69) is 26.1 Å². The number of aryl methyl sites for hydroxylation is 2. The second-order valence-corrected chi connectivity index (χ2v) is 8.87. The molecule has 1 N–H and O–H groups in total. The van der Waals surface area contributed by atoms with Crippen molar-refractivity contribution < 1.29 is 9.59 Å². The number of hydrogen-bond acceptors (Lipinski definition) is 2. The molecule has 130 valence electrons. The van der Waals surface area contributed by atoms with E-state index in [1.165, 1.54) is 0 Å². The lowest BCUT2D eigenvalue weighted by atomic mass is 9.65. The first kappa shape index (κ1) is 17.0. The van der Waals surface area contributed by atoms with Gasteiger partial charge < -0.3 is 10.2 Å². The fraction of sp³-hybridized carbons (Fsp3) is 0.600. The SMILES string of the molecule is Cc1cccc(C)c1NC(=O)C(=O)N1CC2(C)CC1CC(C)(C)C2. The molecule has 0 aromatic heterocycles. The Morgan fingerprint density at radius 3 is 2.38 bits per heavy atom. The van der Waals surface area contributed by atoms with Gasteiger partial charge in [0.05, 0.1) is 0 Å². The third-order valence-corrected chi connectivity index (χ3v) is 5.59. The first-order valence-corrected chi connectivity index (χ1v) is 8.78. The number of carbonyl (C=O) groups excluding carboxylic acids is 2. The fourth-order valence-electron chi connectivity index (χ4n) is 5.01. The van der Waals surface area contributed by atoms with Gasteiger partial charge in [0.2, 0.25) is 0 Å². The van der Waals surface area contributed by atoms with Gasteiger partial charge in [0.1, 0.15) is 0 Å². The van der Waals surface area contributed by atoms with Crippen LogP contribution in [0.5, 0.6) is 0 Å². The lowest BCUT2D eigenvalue weighted by Gasteiger charge is -2.39. The zero-order valence-electron chi connectivity index (χ0n) is 15.4. The average Bonchev–Trinajstić information content (AvgIpc) is 2.71. The smallest absolute Gasteiger partial charge is 0.313 e. The summed E-state index contributed by atoms with van der Waals surface area (Å²) >= 11 is 0. The molecule has 1 aliphatic heterocycles. The predicted molar refractivity (Wildman–Crippen MR) is 95.8 cm³/mol.